The molecule has 0 aliphatic rings. The second kappa shape index (κ2) is 5.72. The number of pyridine rings is 1. The van der Waals surface area contributed by atoms with E-state index in [1.54, 1.807) is 0 Å². The van der Waals surface area contributed by atoms with Crippen molar-refractivity contribution in [1.29, 1.82) is 0 Å². The summed E-state index contributed by atoms with van der Waals surface area (Å²) in [6, 6.07) is 10.9. The van der Waals surface area contributed by atoms with E-state index in [1.807, 2.05) is 12.4 Å². The van der Waals surface area contributed by atoms with Crippen LogP contribution in [0.1, 0.15) is 26.3 Å². The number of hydrogen-bond acceptors (Lipinski definition) is 1. The van der Waals surface area contributed by atoms with Gasteiger partial charge in [-0.3, -0.25) is 4.98 Å². The summed E-state index contributed by atoms with van der Waals surface area (Å²) >= 11 is 0. The number of aryl methyl sites for hydroxylation is 1. The van der Waals surface area contributed by atoms with Crippen molar-refractivity contribution in [2.24, 2.45) is 5.92 Å². The first-order valence-corrected chi connectivity index (χ1v) is 7.71. The maximum Gasteiger partial charge on any atom is 0.0489 e. The molecule has 2 nitrogen and oxygen atoms in total. The van der Waals surface area contributed by atoms with Gasteiger partial charge in [-0.15, -0.1) is 0 Å². The first kappa shape index (κ1) is 13.9. The first-order chi connectivity index (χ1) is 10.2. The van der Waals surface area contributed by atoms with Crippen LogP contribution >= 0.6 is 0 Å². The summed E-state index contributed by atoms with van der Waals surface area (Å²) in [7, 11) is 0. The lowest BCUT2D eigenvalue weighted by Gasteiger charge is -2.09. The van der Waals surface area contributed by atoms with Crippen molar-refractivity contribution in [1.82, 2.24) is 9.55 Å². The first-order valence-electron chi connectivity index (χ1n) is 7.71. The number of rotatable bonds is 4. The molecule has 2 heterocycles. The molecular weight excluding hydrogens is 256 g/mol. The fourth-order valence-electron chi connectivity index (χ4n) is 2.92. The van der Waals surface area contributed by atoms with Gasteiger partial charge in [-0.25, -0.2) is 0 Å². The third-order valence-corrected chi connectivity index (χ3v) is 3.92. The number of fused-ring (bicyclic) bond motifs is 1. The van der Waals surface area contributed by atoms with E-state index in [0.29, 0.717) is 5.92 Å². The lowest BCUT2D eigenvalue weighted by molar-refractivity contribution is 0.534. The molecule has 2 heteroatoms. The molecule has 0 spiro atoms. The predicted molar refractivity (Wildman–Crippen MR) is 89.4 cm³/mol. The van der Waals surface area contributed by atoms with E-state index in [-0.39, 0.29) is 0 Å². The van der Waals surface area contributed by atoms with Crippen molar-refractivity contribution < 1.29 is 0 Å². The molecule has 0 amide bonds. The highest BCUT2D eigenvalue weighted by Gasteiger charge is 2.09. The molecule has 0 radical (unpaired) electrons. The summed E-state index contributed by atoms with van der Waals surface area (Å²) in [4.78, 5) is 4.10. The number of aromatic nitrogens is 2. The van der Waals surface area contributed by atoms with Crippen molar-refractivity contribution in [2.45, 2.75) is 33.7 Å². The van der Waals surface area contributed by atoms with Crippen LogP contribution in [0.25, 0.3) is 22.0 Å². The Hall–Kier alpha value is -2.09. The highest BCUT2D eigenvalue weighted by molar-refractivity contribution is 5.88. The summed E-state index contributed by atoms with van der Waals surface area (Å²) in [6.45, 7) is 7.83. The molecule has 0 fully saturated rings. The molecule has 3 rings (SSSR count). The van der Waals surface area contributed by atoms with Crippen molar-refractivity contribution in [2.75, 3.05) is 0 Å². The largest absolute Gasteiger partial charge is 0.347 e. The molecular formula is C19H22N2. The highest BCUT2D eigenvalue weighted by atomic mass is 15.0. The molecule has 0 atom stereocenters. The minimum atomic E-state index is 0.648. The average Bonchev–Trinajstić information content (AvgIpc) is 2.85. The van der Waals surface area contributed by atoms with Crippen LogP contribution < -0.4 is 0 Å². The van der Waals surface area contributed by atoms with Gasteiger partial charge in [-0.1, -0.05) is 32.9 Å². The van der Waals surface area contributed by atoms with Crippen LogP contribution in [-0.4, -0.2) is 9.55 Å². The van der Waals surface area contributed by atoms with Crippen molar-refractivity contribution in [3.8, 4) is 11.1 Å². The highest BCUT2D eigenvalue weighted by Crippen LogP contribution is 2.28. The zero-order valence-corrected chi connectivity index (χ0v) is 13.0. The van der Waals surface area contributed by atoms with Crippen molar-refractivity contribution in [3.05, 3.63) is 54.5 Å². The van der Waals surface area contributed by atoms with E-state index < -0.39 is 0 Å². The SMILES string of the molecule is CCc1cn(CC(C)C)c2cc(-c3ccncc3)ccc12. The van der Waals surface area contributed by atoms with Gasteiger partial charge in [-0.05, 0) is 47.2 Å². The second-order valence-corrected chi connectivity index (χ2v) is 6.02. The normalized spacial score (nSPS) is 11.4. The van der Waals surface area contributed by atoms with E-state index in [0.717, 1.165) is 13.0 Å². The third-order valence-electron chi connectivity index (χ3n) is 3.92. The van der Waals surface area contributed by atoms with E-state index in [9.17, 15) is 0 Å². The molecule has 1 aromatic carbocycles. The molecule has 0 unspecified atom stereocenters. The minimum absolute atomic E-state index is 0.648. The maximum absolute atomic E-state index is 4.10. The second-order valence-electron chi connectivity index (χ2n) is 6.02. The Kier molecular flexibility index (Phi) is 3.78. The summed E-state index contributed by atoms with van der Waals surface area (Å²) in [6.07, 6.45) is 7.10. The average molecular weight is 278 g/mol. The van der Waals surface area contributed by atoms with E-state index in [4.69, 9.17) is 0 Å². The number of hydrogen-bond donors (Lipinski definition) is 0. The lowest BCUT2D eigenvalue weighted by atomic mass is 10.0. The van der Waals surface area contributed by atoms with E-state index in [2.05, 4.69) is 66.9 Å². The Balaban J connectivity index is 2.15. The van der Waals surface area contributed by atoms with Crippen LogP contribution in [0, 0.1) is 5.92 Å². The van der Waals surface area contributed by atoms with Crippen LogP contribution in [0.5, 0.6) is 0 Å². The van der Waals surface area contributed by atoms with Gasteiger partial charge < -0.3 is 4.57 Å². The molecule has 108 valence electrons. The standard InChI is InChI=1S/C19H22N2/c1-4-15-13-21(12-14(2)3)19-11-17(5-6-18(15)19)16-7-9-20-10-8-16/h5-11,13-14H,4,12H2,1-3H3. The molecule has 3 aromatic rings. The summed E-state index contributed by atoms with van der Waals surface area (Å²) in [5, 5.41) is 1.39. The van der Waals surface area contributed by atoms with Gasteiger partial charge in [0.05, 0.1) is 0 Å². The Morgan fingerprint density at radius 2 is 1.81 bits per heavy atom. The quantitative estimate of drug-likeness (QED) is 0.662. The number of benzene rings is 1. The summed E-state index contributed by atoms with van der Waals surface area (Å²) in [5.41, 5.74) is 5.26. The van der Waals surface area contributed by atoms with Crippen LogP contribution in [0.15, 0.2) is 48.9 Å². The molecule has 0 bridgehead atoms. The zero-order chi connectivity index (χ0) is 14.8. The van der Waals surface area contributed by atoms with Crippen LogP contribution in [0.2, 0.25) is 0 Å². The van der Waals surface area contributed by atoms with Crippen molar-refractivity contribution >= 4 is 10.9 Å². The Morgan fingerprint density at radius 3 is 2.48 bits per heavy atom. The van der Waals surface area contributed by atoms with Crippen molar-refractivity contribution in [3.63, 3.8) is 0 Å². The molecule has 21 heavy (non-hydrogen) atoms. The fraction of sp³-hybridized carbons (Fsp3) is 0.316. The monoisotopic (exact) mass is 278 g/mol. The topological polar surface area (TPSA) is 17.8 Å². The van der Waals surface area contributed by atoms with E-state index >= 15 is 0 Å². The molecule has 0 saturated carbocycles. The summed E-state index contributed by atoms with van der Waals surface area (Å²) in [5.74, 6) is 0.648. The van der Waals surface area contributed by atoms with Gasteiger partial charge in [0.2, 0.25) is 0 Å². The maximum atomic E-state index is 4.10. The zero-order valence-electron chi connectivity index (χ0n) is 13.0. The Bertz CT molecular complexity index is 739. The van der Waals surface area contributed by atoms with E-state index in [1.165, 1.54) is 27.6 Å². The van der Waals surface area contributed by atoms with Gasteiger partial charge in [0.25, 0.3) is 0 Å². The fourth-order valence-corrected chi connectivity index (χ4v) is 2.92. The van der Waals surface area contributed by atoms with Gasteiger partial charge in [0.15, 0.2) is 0 Å². The third kappa shape index (κ3) is 2.71. The predicted octanol–water partition coefficient (Wildman–Crippen LogP) is 4.92. The molecule has 2 aromatic heterocycles. The number of nitrogens with zero attached hydrogens (tertiary/aromatic N) is 2. The Labute approximate surface area is 126 Å². The van der Waals surface area contributed by atoms with Crippen LogP contribution in [0.4, 0.5) is 0 Å². The smallest absolute Gasteiger partial charge is 0.0489 e. The van der Waals surface area contributed by atoms with Crippen LogP contribution in [0.3, 0.4) is 0 Å². The molecule has 0 aliphatic heterocycles. The molecule has 0 N–H and O–H groups in total. The van der Waals surface area contributed by atoms with Gasteiger partial charge in [0, 0.05) is 36.0 Å². The molecule has 0 aliphatic carbocycles. The minimum Gasteiger partial charge on any atom is -0.347 e. The lowest BCUT2D eigenvalue weighted by Crippen LogP contribution is -2.02. The van der Waals surface area contributed by atoms with Gasteiger partial charge >= 0.3 is 0 Å². The van der Waals surface area contributed by atoms with Gasteiger partial charge in [0.1, 0.15) is 0 Å². The Morgan fingerprint density at radius 1 is 1.05 bits per heavy atom. The molecule has 0 saturated heterocycles. The van der Waals surface area contributed by atoms with Crippen LogP contribution in [-0.2, 0) is 13.0 Å². The summed E-state index contributed by atoms with van der Waals surface area (Å²) < 4.78 is 2.41. The van der Waals surface area contributed by atoms with Gasteiger partial charge in [-0.2, -0.15) is 0 Å².